The number of benzene rings is 8. The van der Waals surface area contributed by atoms with E-state index in [1.165, 1.54) is 54.6 Å². The molecule has 1 nitrogen and oxygen atoms in total. The van der Waals surface area contributed by atoms with Gasteiger partial charge in [0.2, 0.25) is 0 Å². The second-order valence-corrected chi connectivity index (χ2v) is 11.3. The first-order valence-electron chi connectivity index (χ1n) is 14.8. The molecule has 43 heavy (non-hydrogen) atoms. The average Bonchev–Trinajstić information content (AvgIpc) is 3.44. The standard InChI is InChI=1S/C42H26O/c1-2-11-28(12-3-1)41-35-14-6-8-16-37(35)42(38-17-9-7-15-36(38)41)32-21-23-34-33-22-20-31(25-39(33)43-40(34)26-32)30-19-18-27-10-4-5-13-29(27)24-30/h1-26H. The van der Waals surface area contributed by atoms with Crippen LogP contribution < -0.4 is 0 Å². The van der Waals surface area contributed by atoms with Crippen molar-refractivity contribution in [3.05, 3.63) is 158 Å². The Morgan fingerprint density at radius 1 is 0.279 bits per heavy atom. The molecule has 9 rings (SSSR count). The maximum Gasteiger partial charge on any atom is 0.136 e. The summed E-state index contributed by atoms with van der Waals surface area (Å²) in [7, 11) is 0. The smallest absolute Gasteiger partial charge is 0.136 e. The van der Waals surface area contributed by atoms with Gasteiger partial charge in [-0.25, -0.2) is 0 Å². The van der Waals surface area contributed by atoms with E-state index in [-0.39, 0.29) is 0 Å². The summed E-state index contributed by atoms with van der Waals surface area (Å²) in [4.78, 5) is 0. The number of hydrogen-bond donors (Lipinski definition) is 0. The molecule has 0 amide bonds. The lowest BCUT2D eigenvalue weighted by molar-refractivity contribution is 0.669. The maximum absolute atomic E-state index is 6.58. The Bertz CT molecular complexity index is 2440. The monoisotopic (exact) mass is 546 g/mol. The quantitative estimate of drug-likeness (QED) is 0.201. The molecule has 0 saturated heterocycles. The predicted octanol–water partition coefficient (Wildman–Crippen LogP) is 12.0. The molecule has 1 heterocycles. The van der Waals surface area contributed by atoms with Crippen LogP contribution in [0.5, 0.6) is 0 Å². The van der Waals surface area contributed by atoms with Gasteiger partial charge >= 0.3 is 0 Å². The summed E-state index contributed by atoms with van der Waals surface area (Å²) in [6, 6.07) is 56.7. The van der Waals surface area contributed by atoms with Gasteiger partial charge in [0.15, 0.2) is 0 Å². The first-order valence-corrected chi connectivity index (χ1v) is 14.8. The Labute approximate surface area is 249 Å². The Balaban J connectivity index is 1.24. The Kier molecular flexibility index (Phi) is 5.27. The highest BCUT2D eigenvalue weighted by molar-refractivity contribution is 6.22. The molecule has 0 fully saturated rings. The van der Waals surface area contributed by atoms with Crippen molar-refractivity contribution in [1.82, 2.24) is 0 Å². The van der Waals surface area contributed by atoms with Gasteiger partial charge in [0.1, 0.15) is 11.2 Å². The van der Waals surface area contributed by atoms with Gasteiger partial charge in [-0.15, -0.1) is 0 Å². The molecule has 200 valence electrons. The first-order chi connectivity index (χ1) is 21.3. The summed E-state index contributed by atoms with van der Waals surface area (Å²) < 4.78 is 6.58. The van der Waals surface area contributed by atoms with E-state index in [1.807, 2.05) is 0 Å². The van der Waals surface area contributed by atoms with Crippen LogP contribution in [0.4, 0.5) is 0 Å². The van der Waals surface area contributed by atoms with Gasteiger partial charge in [0, 0.05) is 10.8 Å². The summed E-state index contributed by atoms with van der Waals surface area (Å²) in [6.07, 6.45) is 0. The molecule has 8 aromatic carbocycles. The van der Waals surface area contributed by atoms with Crippen LogP contribution in [0.25, 0.3) is 87.6 Å². The Morgan fingerprint density at radius 3 is 1.40 bits per heavy atom. The molecule has 0 N–H and O–H groups in total. The van der Waals surface area contributed by atoms with Crippen LogP contribution in [0.2, 0.25) is 0 Å². The number of fused-ring (bicyclic) bond motifs is 6. The summed E-state index contributed by atoms with van der Waals surface area (Å²) in [6.45, 7) is 0. The third kappa shape index (κ3) is 3.79. The lowest BCUT2D eigenvalue weighted by Crippen LogP contribution is -1.90. The lowest BCUT2D eigenvalue weighted by atomic mass is 9.86. The fourth-order valence-electron chi connectivity index (χ4n) is 6.84. The van der Waals surface area contributed by atoms with E-state index in [0.717, 1.165) is 33.1 Å². The minimum absolute atomic E-state index is 0.906. The van der Waals surface area contributed by atoms with Gasteiger partial charge in [0.05, 0.1) is 0 Å². The molecule has 1 heteroatoms. The van der Waals surface area contributed by atoms with Crippen molar-refractivity contribution in [3.63, 3.8) is 0 Å². The average molecular weight is 547 g/mol. The van der Waals surface area contributed by atoms with E-state index in [4.69, 9.17) is 4.42 Å². The third-order valence-electron chi connectivity index (χ3n) is 8.84. The van der Waals surface area contributed by atoms with Gasteiger partial charge < -0.3 is 4.42 Å². The van der Waals surface area contributed by atoms with Crippen molar-refractivity contribution in [2.24, 2.45) is 0 Å². The number of furan rings is 1. The fraction of sp³-hybridized carbons (Fsp3) is 0. The van der Waals surface area contributed by atoms with E-state index >= 15 is 0 Å². The zero-order valence-electron chi connectivity index (χ0n) is 23.4. The SMILES string of the molecule is c1ccc(-c2c3ccccc3c(-c3ccc4c(c3)oc3cc(-c5ccc6ccccc6c5)ccc34)c3ccccc23)cc1. The molecule has 0 atom stereocenters. The van der Waals surface area contributed by atoms with Crippen LogP contribution >= 0.6 is 0 Å². The Morgan fingerprint density at radius 2 is 0.744 bits per heavy atom. The van der Waals surface area contributed by atoms with Crippen LogP contribution in [-0.2, 0) is 0 Å². The predicted molar refractivity (Wildman–Crippen MR) is 183 cm³/mol. The van der Waals surface area contributed by atoms with Gasteiger partial charge in [-0.1, -0.05) is 127 Å². The van der Waals surface area contributed by atoms with E-state index in [2.05, 4.69) is 158 Å². The van der Waals surface area contributed by atoms with Crippen LogP contribution in [0.15, 0.2) is 162 Å². The van der Waals surface area contributed by atoms with Crippen molar-refractivity contribution < 1.29 is 4.42 Å². The molecule has 0 aliphatic rings. The van der Waals surface area contributed by atoms with E-state index in [1.54, 1.807) is 0 Å². The highest BCUT2D eigenvalue weighted by Crippen LogP contribution is 2.44. The molecule has 0 unspecified atom stereocenters. The first kappa shape index (κ1) is 24.0. The molecule has 0 radical (unpaired) electrons. The van der Waals surface area contributed by atoms with Crippen LogP contribution in [0, 0.1) is 0 Å². The van der Waals surface area contributed by atoms with Crippen molar-refractivity contribution in [3.8, 4) is 33.4 Å². The van der Waals surface area contributed by atoms with Crippen molar-refractivity contribution >= 4 is 54.3 Å². The van der Waals surface area contributed by atoms with E-state index in [0.29, 0.717) is 0 Å². The van der Waals surface area contributed by atoms with Gasteiger partial charge in [-0.3, -0.25) is 0 Å². The minimum atomic E-state index is 0.906. The van der Waals surface area contributed by atoms with Crippen LogP contribution in [0.1, 0.15) is 0 Å². The van der Waals surface area contributed by atoms with E-state index in [9.17, 15) is 0 Å². The second-order valence-electron chi connectivity index (χ2n) is 11.3. The molecule has 0 aliphatic carbocycles. The molecule has 0 spiro atoms. The largest absolute Gasteiger partial charge is 0.456 e. The highest BCUT2D eigenvalue weighted by Gasteiger charge is 2.17. The normalized spacial score (nSPS) is 11.7. The third-order valence-corrected chi connectivity index (χ3v) is 8.84. The van der Waals surface area contributed by atoms with Crippen molar-refractivity contribution in [1.29, 1.82) is 0 Å². The zero-order chi connectivity index (χ0) is 28.3. The summed E-state index contributed by atoms with van der Waals surface area (Å²) in [5.74, 6) is 0. The summed E-state index contributed by atoms with van der Waals surface area (Å²) in [5.41, 5.74) is 9.08. The Hall–Kier alpha value is -5.66. The molecule has 0 saturated carbocycles. The number of rotatable bonds is 3. The molecule has 0 aliphatic heterocycles. The zero-order valence-corrected chi connectivity index (χ0v) is 23.4. The lowest BCUT2D eigenvalue weighted by Gasteiger charge is -2.17. The molecular formula is C42H26O. The molecule has 0 bridgehead atoms. The van der Waals surface area contributed by atoms with Crippen molar-refractivity contribution in [2.45, 2.75) is 0 Å². The van der Waals surface area contributed by atoms with Crippen molar-refractivity contribution in [2.75, 3.05) is 0 Å². The van der Waals surface area contributed by atoms with Gasteiger partial charge in [0.25, 0.3) is 0 Å². The van der Waals surface area contributed by atoms with Crippen LogP contribution in [0.3, 0.4) is 0 Å². The fourth-order valence-corrected chi connectivity index (χ4v) is 6.84. The topological polar surface area (TPSA) is 13.1 Å². The summed E-state index contributed by atoms with van der Waals surface area (Å²) in [5, 5.41) is 9.77. The maximum atomic E-state index is 6.58. The number of hydrogen-bond acceptors (Lipinski definition) is 1. The minimum Gasteiger partial charge on any atom is -0.456 e. The molecular weight excluding hydrogens is 520 g/mol. The molecule has 9 aromatic rings. The highest BCUT2D eigenvalue weighted by atomic mass is 16.3. The molecule has 1 aromatic heterocycles. The van der Waals surface area contributed by atoms with Gasteiger partial charge in [-0.05, 0) is 96.0 Å². The second kappa shape index (κ2) is 9.44. The van der Waals surface area contributed by atoms with E-state index < -0.39 is 0 Å². The van der Waals surface area contributed by atoms with Gasteiger partial charge in [-0.2, -0.15) is 0 Å². The van der Waals surface area contributed by atoms with Crippen LogP contribution in [-0.4, -0.2) is 0 Å². The summed E-state index contributed by atoms with van der Waals surface area (Å²) >= 11 is 0.